The van der Waals surface area contributed by atoms with E-state index in [0.717, 1.165) is 16.8 Å². The SMILES string of the molecule is CCOc1c(Br)cc(Cl)cc1NC(=O)C1CC2CCC1C2. The van der Waals surface area contributed by atoms with Crippen molar-refractivity contribution in [2.45, 2.75) is 32.6 Å². The molecule has 2 aliphatic rings. The lowest BCUT2D eigenvalue weighted by Gasteiger charge is -2.22. The van der Waals surface area contributed by atoms with Gasteiger partial charge in [0, 0.05) is 10.9 Å². The summed E-state index contributed by atoms with van der Waals surface area (Å²) in [5.74, 6) is 2.23. The fourth-order valence-electron chi connectivity index (χ4n) is 3.74. The molecule has 0 radical (unpaired) electrons. The number of fused-ring (bicyclic) bond motifs is 2. The van der Waals surface area contributed by atoms with Crippen LogP contribution in [0.4, 0.5) is 5.69 Å². The van der Waals surface area contributed by atoms with Crippen molar-refractivity contribution in [1.29, 1.82) is 0 Å². The Kier molecular flexibility index (Phi) is 4.46. The zero-order chi connectivity index (χ0) is 15.0. The van der Waals surface area contributed by atoms with E-state index in [1.165, 1.54) is 19.3 Å². The van der Waals surface area contributed by atoms with Gasteiger partial charge in [0.15, 0.2) is 5.75 Å². The summed E-state index contributed by atoms with van der Waals surface area (Å²) in [6.07, 6.45) is 4.74. The Hall–Kier alpha value is -0.740. The summed E-state index contributed by atoms with van der Waals surface area (Å²) in [5.41, 5.74) is 0.656. The molecular weight excluding hydrogens is 354 g/mol. The van der Waals surface area contributed by atoms with Crippen molar-refractivity contribution in [3.8, 4) is 5.75 Å². The van der Waals surface area contributed by atoms with Crippen LogP contribution in [0.2, 0.25) is 5.02 Å². The molecule has 114 valence electrons. The van der Waals surface area contributed by atoms with Crippen LogP contribution >= 0.6 is 27.5 Å². The van der Waals surface area contributed by atoms with Crippen LogP contribution in [0, 0.1) is 17.8 Å². The lowest BCUT2D eigenvalue weighted by atomic mass is 9.88. The summed E-state index contributed by atoms with van der Waals surface area (Å²) >= 11 is 9.54. The first-order valence-electron chi connectivity index (χ1n) is 7.51. The highest BCUT2D eigenvalue weighted by Gasteiger charge is 2.43. The van der Waals surface area contributed by atoms with E-state index in [-0.39, 0.29) is 11.8 Å². The fourth-order valence-corrected chi connectivity index (χ4v) is 4.66. The topological polar surface area (TPSA) is 38.3 Å². The molecule has 1 amide bonds. The molecule has 2 aliphatic carbocycles. The summed E-state index contributed by atoms with van der Waals surface area (Å²) in [6.45, 7) is 2.46. The molecule has 3 unspecified atom stereocenters. The van der Waals surface area contributed by atoms with Crippen LogP contribution in [0.3, 0.4) is 0 Å². The van der Waals surface area contributed by atoms with Gasteiger partial charge in [0.1, 0.15) is 0 Å². The van der Waals surface area contributed by atoms with Crippen molar-refractivity contribution in [3.05, 3.63) is 21.6 Å². The third-order valence-electron chi connectivity index (χ3n) is 4.63. The summed E-state index contributed by atoms with van der Waals surface area (Å²) < 4.78 is 6.39. The molecule has 2 saturated carbocycles. The molecule has 3 nitrogen and oxygen atoms in total. The van der Waals surface area contributed by atoms with Gasteiger partial charge in [-0.15, -0.1) is 0 Å². The van der Waals surface area contributed by atoms with E-state index in [1.807, 2.05) is 6.92 Å². The molecule has 0 aliphatic heterocycles. The fraction of sp³-hybridized carbons (Fsp3) is 0.562. The second kappa shape index (κ2) is 6.17. The smallest absolute Gasteiger partial charge is 0.227 e. The minimum Gasteiger partial charge on any atom is -0.491 e. The number of rotatable bonds is 4. The van der Waals surface area contributed by atoms with Gasteiger partial charge in [-0.1, -0.05) is 18.0 Å². The zero-order valence-corrected chi connectivity index (χ0v) is 14.3. The van der Waals surface area contributed by atoms with Crippen molar-refractivity contribution in [3.63, 3.8) is 0 Å². The predicted octanol–water partition coefficient (Wildman–Crippen LogP) is 4.88. The van der Waals surface area contributed by atoms with Gasteiger partial charge in [0.2, 0.25) is 5.91 Å². The van der Waals surface area contributed by atoms with E-state index in [4.69, 9.17) is 16.3 Å². The van der Waals surface area contributed by atoms with Gasteiger partial charge in [-0.05, 0) is 66.1 Å². The van der Waals surface area contributed by atoms with Crippen LogP contribution < -0.4 is 10.1 Å². The summed E-state index contributed by atoms with van der Waals surface area (Å²) in [6, 6.07) is 3.53. The zero-order valence-electron chi connectivity index (χ0n) is 12.0. The Morgan fingerprint density at radius 3 is 2.86 bits per heavy atom. The van der Waals surface area contributed by atoms with E-state index in [2.05, 4.69) is 21.2 Å². The van der Waals surface area contributed by atoms with Crippen LogP contribution in [-0.4, -0.2) is 12.5 Å². The van der Waals surface area contributed by atoms with Gasteiger partial charge in [-0.25, -0.2) is 0 Å². The average Bonchev–Trinajstić information content (AvgIpc) is 3.05. The van der Waals surface area contributed by atoms with Crippen molar-refractivity contribution < 1.29 is 9.53 Å². The Morgan fingerprint density at radius 1 is 1.43 bits per heavy atom. The number of hydrogen-bond donors (Lipinski definition) is 1. The number of carbonyl (C=O) groups is 1. The molecule has 1 aromatic carbocycles. The summed E-state index contributed by atoms with van der Waals surface area (Å²) in [4.78, 5) is 12.6. The average molecular weight is 373 g/mol. The van der Waals surface area contributed by atoms with Crippen molar-refractivity contribution >= 4 is 39.1 Å². The normalized spacial score (nSPS) is 26.9. The second-order valence-electron chi connectivity index (χ2n) is 5.97. The molecule has 0 heterocycles. The molecule has 5 heteroatoms. The predicted molar refractivity (Wildman–Crippen MR) is 87.9 cm³/mol. The van der Waals surface area contributed by atoms with Gasteiger partial charge in [-0.3, -0.25) is 4.79 Å². The maximum absolute atomic E-state index is 12.6. The van der Waals surface area contributed by atoms with Crippen molar-refractivity contribution in [2.24, 2.45) is 17.8 Å². The Labute approximate surface area is 138 Å². The first kappa shape index (κ1) is 15.2. The lowest BCUT2D eigenvalue weighted by molar-refractivity contribution is -0.121. The molecule has 1 aromatic rings. The van der Waals surface area contributed by atoms with Gasteiger partial charge >= 0.3 is 0 Å². The third kappa shape index (κ3) is 3.07. The highest BCUT2D eigenvalue weighted by atomic mass is 79.9. The van der Waals surface area contributed by atoms with E-state index in [0.29, 0.717) is 29.0 Å². The molecule has 3 atom stereocenters. The monoisotopic (exact) mass is 371 g/mol. The Balaban J connectivity index is 1.79. The number of nitrogens with one attached hydrogen (secondary N) is 1. The molecule has 2 fully saturated rings. The van der Waals surface area contributed by atoms with Crippen LogP contribution in [0.5, 0.6) is 5.75 Å². The molecule has 1 N–H and O–H groups in total. The molecule has 21 heavy (non-hydrogen) atoms. The minimum atomic E-state index is 0.109. The van der Waals surface area contributed by atoms with Crippen LogP contribution in [-0.2, 0) is 4.79 Å². The second-order valence-corrected chi connectivity index (χ2v) is 7.26. The van der Waals surface area contributed by atoms with Gasteiger partial charge in [0.05, 0.1) is 16.8 Å². The minimum absolute atomic E-state index is 0.109. The van der Waals surface area contributed by atoms with E-state index in [1.54, 1.807) is 12.1 Å². The number of halogens is 2. The van der Waals surface area contributed by atoms with Crippen molar-refractivity contribution in [2.75, 3.05) is 11.9 Å². The first-order valence-corrected chi connectivity index (χ1v) is 8.68. The maximum Gasteiger partial charge on any atom is 0.227 e. The Morgan fingerprint density at radius 2 is 2.24 bits per heavy atom. The number of ether oxygens (including phenoxy) is 1. The highest BCUT2D eigenvalue weighted by molar-refractivity contribution is 9.10. The number of hydrogen-bond acceptors (Lipinski definition) is 2. The molecule has 2 bridgehead atoms. The van der Waals surface area contributed by atoms with E-state index < -0.39 is 0 Å². The lowest BCUT2D eigenvalue weighted by Crippen LogP contribution is -2.27. The van der Waals surface area contributed by atoms with Gasteiger partial charge in [-0.2, -0.15) is 0 Å². The number of anilines is 1. The molecule has 0 saturated heterocycles. The molecule has 0 aromatic heterocycles. The molecule has 0 spiro atoms. The highest BCUT2D eigenvalue weighted by Crippen LogP contribution is 2.49. The third-order valence-corrected chi connectivity index (χ3v) is 5.44. The quantitative estimate of drug-likeness (QED) is 0.818. The number of carbonyl (C=O) groups excluding carboxylic acids is 1. The van der Waals surface area contributed by atoms with E-state index in [9.17, 15) is 4.79 Å². The summed E-state index contributed by atoms with van der Waals surface area (Å²) in [5, 5.41) is 3.60. The van der Waals surface area contributed by atoms with Gasteiger partial charge < -0.3 is 10.1 Å². The van der Waals surface area contributed by atoms with Crippen LogP contribution in [0.15, 0.2) is 16.6 Å². The number of amides is 1. The molecule has 3 rings (SSSR count). The van der Waals surface area contributed by atoms with Crippen LogP contribution in [0.25, 0.3) is 0 Å². The van der Waals surface area contributed by atoms with E-state index >= 15 is 0 Å². The Bertz CT molecular complexity index is 563. The first-order chi connectivity index (χ1) is 10.1. The number of benzene rings is 1. The maximum atomic E-state index is 12.6. The summed E-state index contributed by atoms with van der Waals surface area (Å²) in [7, 11) is 0. The largest absolute Gasteiger partial charge is 0.491 e. The van der Waals surface area contributed by atoms with Crippen molar-refractivity contribution in [1.82, 2.24) is 0 Å². The molecular formula is C16H19BrClNO2. The standard InChI is InChI=1S/C16H19BrClNO2/c1-2-21-15-13(17)7-11(18)8-14(15)19-16(20)12-6-9-3-4-10(12)5-9/h7-10,12H,2-6H2,1H3,(H,19,20). The van der Waals surface area contributed by atoms with Gasteiger partial charge in [0.25, 0.3) is 0 Å². The van der Waals surface area contributed by atoms with Crippen LogP contribution in [0.1, 0.15) is 32.6 Å².